The summed E-state index contributed by atoms with van der Waals surface area (Å²) in [5, 5.41) is 0. The average molecular weight is 257 g/mol. The molecule has 2 rings (SSSR count). The molecule has 0 aliphatic heterocycles. The molecule has 5 nitrogen and oxygen atoms in total. The van der Waals surface area contributed by atoms with E-state index in [1.54, 1.807) is 19.3 Å². The van der Waals surface area contributed by atoms with Gasteiger partial charge in [-0.25, -0.2) is 14.8 Å². The molecule has 0 atom stereocenters. The molecule has 0 aromatic carbocycles. The van der Waals surface area contributed by atoms with Crippen LogP contribution in [0.3, 0.4) is 0 Å². The molecular formula is C14H15N3O2. The molecule has 0 aliphatic rings. The van der Waals surface area contributed by atoms with Crippen LogP contribution < -0.4 is 0 Å². The van der Waals surface area contributed by atoms with Gasteiger partial charge in [0, 0.05) is 24.2 Å². The molecule has 0 N–H and O–H groups in total. The predicted octanol–water partition coefficient (Wildman–Crippen LogP) is 2.28. The Morgan fingerprint density at radius 1 is 1.26 bits per heavy atom. The Morgan fingerprint density at radius 2 is 2.00 bits per heavy atom. The van der Waals surface area contributed by atoms with Crippen molar-refractivity contribution in [3.8, 4) is 11.4 Å². The zero-order valence-corrected chi connectivity index (χ0v) is 11.0. The molecule has 19 heavy (non-hydrogen) atoms. The Bertz CT molecular complexity index is 570. The second-order valence-electron chi connectivity index (χ2n) is 3.86. The number of ether oxygens (including phenoxy) is 1. The first-order chi connectivity index (χ1) is 9.26. The van der Waals surface area contributed by atoms with Gasteiger partial charge in [0.1, 0.15) is 0 Å². The van der Waals surface area contributed by atoms with E-state index in [1.807, 2.05) is 19.1 Å². The summed E-state index contributed by atoms with van der Waals surface area (Å²) in [5.41, 5.74) is 2.00. The van der Waals surface area contributed by atoms with Gasteiger partial charge in [-0.15, -0.1) is 0 Å². The highest BCUT2D eigenvalue weighted by molar-refractivity contribution is 5.90. The Kier molecular flexibility index (Phi) is 4.18. The number of carbonyl (C=O) groups excluding carboxylic acids is 1. The molecule has 2 aromatic rings. The third-order valence-corrected chi connectivity index (χ3v) is 2.64. The summed E-state index contributed by atoms with van der Waals surface area (Å²) in [6.07, 6.45) is 5.54. The van der Waals surface area contributed by atoms with E-state index in [0.717, 1.165) is 5.56 Å². The fourth-order valence-electron chi connectivity index (χ4n) is 1.71. The van der Waals surface area contributed by atoms with Gasteiger partial charge in [-0.3, -0.25) is 4.98 Å². The quantitative estimate of drug-likeness (QED) is 0.786. The van der Waals surface area contributed by atoms with Gasteiger partial charge < -0.3 is 4.74 Å². The summed E-state index contributed by atoms with van der Waals surface area (Å²) in [4.78, 5) is 24.4. The number of nitrogens with zero attached hydrogens (tertiary/aromatic N) is 3. The number of pyridine rings is 1. The van der Waals surface area contributed by atoms with Crippen molar-refractivity contribution in [1.82, 2.24) is 15.0 Å². The lowest BCUT2D eigenvalue weighted by molar-refractivity contribution is 0.0524. The van der Waals surface area contributed by atoms with E-state index in [9.17, 15) is 4.79 Å². The van der Waals surface area contributed by atoms with Crippen molar-refractivity contribution in [1.29, 1.82) is 0 Å². The first kappa shape index (κ1) is 13.1. The van der Waals surface area contributed by atoms with E-state index in [2.05, 4.69) is 15.0 Å². The molecule has 0 bridgehead atoms. The standard InChI is InChI=1S/C14H15N3O2/c1-3-12-11(14(18)19-4-2)9-16-13(17-12)10-5-7-15-8-6-10/h5-9H,3-4H2,1-2H3. The number of esters is 1. The lowest BCUT2D eigenvalue weighted by Crippen LogP contribution is -2.11. The average Bonchev–Trinajstić information content (AvgIpc) is 2.47. The van der Waals surface area contributed by atoms with Crippen LogP contribution in [0.1, 0.15) is 29.9 Å². The molecule has 0 saturated carbocycles. The molecule has 0 radical (unpaired) electrons. The van der Waals surface area contributed by atoms with Crippen LogP contribution in [0.5, 0.6) is 0 Å². The first-order valence-corrected chi connectivity index (χ1v) is 6.19. The lowest BCUT2D eigenvalue weighted by Gasteiger charge is -2.08. The van der Waals surface area contributed by atoms with Crippen molar-refractivity contribution in [2.75, 3.05) is 6.61 Å². The maximum absolute atomic E-state index is 11.8. The van der Waals surface area contributed by atoms with Gasteiger partial charge in [0.05, 0.1) is 17.9 Å². The van der Waals surface area contributed by atoms with Crippen LogP contribution in [0.4, 0.5) is 0 Å². The summed E-state index contributed by atoms with van der Waals surface area (Å²) in [6.45, 7) is 4.06. The van der Waals surface area contributed by atoms with Crippen LogP contribution in [-0.2, 0) is 11.2 Å². The molecule has 5 heteroatoms. The predicted molar refractivity (Wildman–Crippen MR) is 70.6 cm³/mol. The maximum atomic E-state index is 11.8. The highest BCUT2D eigenvalue weighted by Gasteiger charge is 2.14. The van der Waals surface area contributed by atoms with Crippen molar-refractivity contribution in [2.24, 2.45) is 0 Å². The van der Waals surface area contributed by atoms with Crippen molar-refractivity contribution in [2.45, 2.75) is 20.3 Å². The van der Waals surface area contributed by atoms with E-state index < -0.39 is 0 Å². The van der Waals surface area contributed by atoms with E-state index in [-0.39, 0.29) is 5.97 Å². The highest BCUT2D eigenvalue weighted by atomic mass is 16.5. The summed E-state index contributed by atoms with van der Waals surface area (Å²) >= 11 is 0. The Morgan fingerprint density at radius 3 is 2.63 bits per heavy atom. The monoisotopic (exact) mass is 257 g/mol. The van der Waals surface area contributed by atoms with Gasteiger partial charge in [0.25, 0.3) is 0 Å². The molecule has 98 valence electrons. The van der Waals surface area contributed by atoms with Crippen LogP contribution in [0.25, 0.3) is 11.4 Å². The molecule has 0 spiro atoms. The van der Waals surface area contributed by atoms with Gasteiger partial charge in [0.15, 0.2) is 5.82 Å². The summed E-state index contributed by atoms with van der Waals surface area (Å²) < 4.78 is 4.99. The van der Waals surface area contributed by atoms with E-state index >= 15 is 0 Å². The van der Waals surface area contributed by atoms with Gasteiger partial charge in [-0.1, -0.05) is 6.92 Å². The van der Waals surface area contributed by atoms with Crippen LogP contribution in [-0.4, -0.2) is 27.5 Å². The van der Waals surface area contributed by atoms with Crippen LogP contribution in [0.15, 0.2) is 30.7 Å². The fourth-order valence-corrected chi connectivity index (χ4v) is 1.71. The van der Waals surface area contributed by atoms with Gasteiger partial charge >= 0.3 is 5.97 Å². The zero-order chi connectivity index (χ0) is 13.7. The number of aryl methyl sites for hydroxylation is 1. The normalized spacial score (nSPS) is 10.2. The molecule has 0 unspecified atom stereocenters. The maximum Gasteiger partial charge on any atom is 0.341 e. The largest absolute Gasteiger partial charge is 0.462 e. The minimum Gasteiger partial charge on any atom is -0.462 e. The van der Waals surface area contributed by atoms with Crippen LogP contribution in [0.2, 0.25) is 0 Å². The van der Waals surface area contributed by atoms with Gasteiger partial charge in [-0.2, -0.15) is 0 Å². The molecule has 2 heterocycles. The Balaban J connectivity index is 2.39. The number of rotatable bonds is 4. The smallest absolute Gasteiger partial charge is 0.341 e. The van der Waals surface area contributed by atoms with E-state index in [0.29, 0.717) is 30.1 Å². The molecule has 0 fully saturated rings. The minimum atomic E-state index is -0.374. The van der Waals surface area contributed by atoms with E-state index in [1.165, 1.54) is 6.20 Å². The number of carbonyl (C=O) groups is 1. The second kappa shape index (κ2) is 6.04. The highest BCUT2D eigenvalue weighted by Crippen LogP contribution is 2.16. The first-order valence-electron chi connectivity index (χ1n) is 6.19. The summed E-state index contributed by atoms with van der Waals surface area (Å²) in [6, 6.07) is 3.66. The molecule has 0 amide bonds. The van der Waals surface area contributed by atoms with Crippen molar-refractivity contribution >= 4 is 5.97 Å². The summed E-state index contributed by atoms with van der Waals surface area (Å²) in [5.74, 6) is 0.216. The van der Waals surface area contributed by atoms with Crippen molar-refractivity contribution in [3.63, 3.8) is 0 Å². The van der Waals surface area contributed by atoms with Crippen molar-refractivity contribution < 1.29 is 9.53 Å². The molecule has 0 saturated heterocycles. The van der Waals surface area contributed by atoms with Gasteiger partial charge in [0.2, 0.25) is 0 Å². The second-order valence-corrected chi connectivity index (χ2v) is 3.86. The Labute approximate surface area is 111 Å². The zero-order valence-electron chi connectivity index (χ0n) is 11.0. The minimum absolute atomic E-state index is 0.341. The molecule has 0 aliphatic carbocycles. The molecular weight excluding hydrogens is 242 g/mol. The van der Waals surface area contributed by atoms with Gasteiger partial charge in [-0.05, 0) is 25.5 Å². The summed E-state index contributed by atoms with van der Waals surface area (Å²) in [7, 11) is 0. The number of aromatic nitrogens is 3. The number of hydrogen-bond donors (Lipinski definition) is 0. The number of hydrogen-bond acceptors (Lipinski definition) is 5. The third kappa shape index (κ3) is 2.93. The topological polar surface area (TPSA) is 65.0 Å². The van der Waals surface area contributed by atoms with Crippen LogP contribution in [0, 0.1) is 0 Å². The van der Waals surface area contributed by atoms with E-state index in [4.69, 9.17) is 4.74 Å². The van der Waals surface area contributed by atoms with Crippen molar-refractivity contribution in [3.05, 3.63) is 42.0 Å². The Hall–Kier alpha value is -2.30. The molecule has 2 aromatic heterocycles. The fraction of sp³-hybridized carbons (Fsp3) is 0.286. The lowest BCUT2D eigenvalue weighted by atomic mass is 10.1. The third-order valence-electron chi connectivity index (χ3n) is 2.64. The van der Waals surface area contributed by atoms with Crippen LogP contribution >= 0.6 is 0 Å². The SMILES string of the molecule is CCOC(=O)c1cnc(-c2ccncc2)nc1CC.